The molecule has 0 saturated heterocycles. The molecule has 0 aliphatic rings. The van der Waals surface area contributed by atoms with Crippen LogP contribution in [-0.2, 0) is 6.54 Å². The van der Waals surface area contributed by atoms with Crippen LogP contribution in [-0.4, -0.2) is 4.98 Å². The van der Waals surface area contributed by atoms with Crippen LogP contribution in [0.2, 0.25) is 0 Å². The van der Waals surface area contributed by atoms with Gasteiger partial charge in [0.1, 0.15) is 0 Å². The van der Waals surface area contributed by atoms with Gasteiger partial charge in [0, 0.05) is 23.7 Å². The summed E-state index contributed by atoms with van der Waals surface area (Å²) in [6, 6.07) is 3.96. The Morgan fingerprint density at radius 2 is 2.07 bits per heavy atom. The molecule has 3 nitrogen and oxygen atoms in total. The molecule has 1 aromatic heterocycles. The number of hydrogen-bond donors (Lipinski definition) is 2. The van der Waals surface area contributed by atoms with Crippen LogP contribution in [0.1, 0.15) is 16.7 Å². The predicted molar refractivity (Wildman–Crippen MR) is 61.9 cm³/mol. The number of fused-ring (bicyclic) bond motifs is 1. The Balaban J connectivity index is 2.93. The second kappa shape index (κ2) is 3.51. The van der Waals surface area contributed by atoms with E-state index in [0.717, 1.165) is 22.0 Å². The van der Waals surface area contributed by atoms with Gasteiger partial charge in [0.05, 0.1) is 5.52 Å². The molecule has 0 aliphatic carbocycles. The van der Waals surface area contributed by atoms with Crippen molar-refractivity contribution < 1.29 is 0 Å². The fraction of sp³-hybridized carbons (Fsp3) is 0.250. The van der Waals surface area contributed by atoms with Gasteiger partial charge in [-0.2, -0.15) is 0 Å². The van der Waals surface area contributed by atoms with Crippen LogP contribution < -0.4 is 11.2 Å². The van der Waals surface area contributed by atoms with Crippen molar-refractivity contribution in [2.24, 2.45) is 5.73 Å². The fourth-order valence-electron chi connectivity index (χ4n) is 1.89. The lowest BCUT2D eigenvalue weighted by atomic mass is 10.1. The minimum absolute atomic E-state index is 0.0399. The topological polar surface area (TPSA) is 58.9 Å². The summed E-state index contributed by atoms with van der Waals surface area (Å²) in [6.07, 6.45) is 1.70. The number of rotatable bonds is 1. The van der Waals surface area contributed by atoms with Crippen molar-refractivity contribution >= 4 is 10.9 Å². The number of pyridine rings is 1. The van der Waals surface area contributed by atoms with Crippen molar-refractivity contribution in [3.8, 4) is 0 Å². The molecule has 0 bridgehead atoms. The van der Waals surface area contributed by atoms with E-state index in [-0.39, 0.29) is 12.0 Å². The van der Waals surface area contributed by atoms with Gasteiger partial charge in [0.15, 0.2) is 5.43 Å². The number of aromatic amines is 1. The van der Waals surface area contributed by atoms with E-state index in [2.05, 4.69) is 11.1 Å². The SMILES string of the molecule is Cc1cc(C)c2[nH]cc(CN)c(=O)c2c1. The van der Waals surface area contributed by atoms with Crippen molar-refractivity contribution in [2.45, 2.75) is 20.4 Å². The lowest BCUT2D eigenvalue weighted by molar-refractivity contribution is 1.04. The summed E-state index contributed by atoms with van der Waals surface area (Å²) in [5, 5.41) is 0.732. The first-order valence-corrected chi connectivity index (χ1v) is 4.95. The maximum atomic E-state index is 12.0. The molecule has 0 saturated carbocycles. The third-order valence-corrected chi connectivity index (χ3v) is 2.63. The van der Waals surface area contributed by atoms with Gasteiger partial charge in [-0.3, -0.25) is 4.79 Å². The minimum atomic E-state index is 0.0399. The van der Waals surface area contributed by atoms with Gasteiger partial charge >= 0.3 is 0 Å². The number of nitrogens with two attached hydrogens (primary N) is 1. The third kappa shape index (κ3) is 1.55. The molecule has 0 spiro atoms. The Kier molecular flexibility index (Phi) is 2.32. The van der Waals surface area contributed by atoms with Crippen molar-refractivity contribution in [1.82, 2.24) is 4.98 Å². The maximum absolute atomic E-state index is 12.0. The lowest BCUT2D eigenvalue weighted by Gasteiger charge is -2.05. The van der Waals surface area contributed by atoms with Crippen LogP contribution in [0, 0.1) is 13.8 Å². The number of nitrogens with one attached hydrogen (secondary N) is 1. The molecule has 0 aliphatic heterocycles. The Hall–Kier alpha value is -1.61. The summed E-state index contributed by atoms with van der Waals surface area (Å²) >= 11 is 0. The molecule has 2 aromatic rings. The van der Waals surface area contributed by atoms with E-state index in [1.165, 1.54) is 0 Å². The number of benzene rings is 1. The first-order valence-electron chi connectivity index (χ1n) is 4.95. The summed E-state index contributed by atoms with van der Waals surface area (Å²) in [5.41, 5.74) is 9.26. The number of aryl methyl sites for hydroxylation is 2. The minimum Gasteiger partial charge on any atom is -0.360 e. The van der Waals surface area contributed by atoms with Gasteiger partial charge in [-0.1, -0.05) is 6.07 Å². The van der Waals surface area contributed by atoms with Crippen LogP contribution in [0.25, 0.3) is 10.9 Å². The molecular formula is C12H14N2O. The average molecular weight is 202 g/mol. The molecule has 0 unspecified atom stereocenters. The number of H-pyrrole nitrogens is 1. The fourth-order valence-corrected chi connectivity index (χ4v) is 1.89. The number of aromatic nitrogens is 1. The highest BCUT2D eigenvalue weighted by molar-refractivity contribution is 5.82. The van der Waals surface area contributed by atoms with E-state index in [0.29, 0.717) is 5.56 Å². The highest BCUT2D eigenvalue weighted by Gasteiger charge is 2.05. The van der Waals surface area contributed by atoms with Crippen molar-refractivity contribution in [1.29, 1.82) is 0 Å². The highest BCUT2D eigenvalue weighted by atomic mass is 16.1. The summed E-state index contributed by atoms with van der Waals surface area (Å²) in [4.78, 5) is 15.1. The van der Waals surface area contributed by atoms with E-state index in [1.54, 1.807) is 6.20 Å². The predicted octanol–water partition coefficient (Wildman–Crippen LogP) is 1.60. The second-order valence-electron chi connectivity index (χ2n) is 3.85. The molecular weight excluding hydrogens is 188 g/mol. The van der Waals surface area contributed by atoms with E-state index < -0.39 is 0 Å². The van der Waals surface area contributed by atoms with Crippen LogP contribution in [0.15, 0.2) is 23.1 Å². The maximum Gasteiger partial charge on any atom is 0.193 e. The molecule has 15 heavy (non-hydrogen) atoms. The first-order chi connectivity index (χ1) is 7.13. The van der Waals surface area contributed by atoms with Gasteiger partial charge in [-0.25, -0.2) is 0 Å². The van der Waals surface area contributed by atoms with Gasteiger partial charge in [-0.15, -0.1) is 0 Å². The number of hydrogen-bond acceptors (Lipinski definition) is 2. The largest absolute Gasteiger partial charge is 0.360 e. The summed E-state index contributed by atoms with van der Waals surface area (Å²) in [7, 11) is 0. The molecule has 1 heterocycles. The second-order valence-corrected chi connectivity index (χ2v) is 3.85. The Morgan fingerprint density at radius 1 is 1.33 bits per heavy atom. The molecule has 0 radical (unpaired) electrons. The summed E-state index contributed by atoms with van der Waals surface area (Å²) in [6.45, 7) is 4.26. The molecule has 3 heteroatoms. The van der Waals surface area contributed by atoms with Crippen molar-refractivity contribution in [3.63, 3.8) is 0 Å². The van der Waals surface area contributed by atoms with Gasteiger partial charge < -0.3 is 10.7 Å². The first kappa shape index (κ1) is 9.93. The molecule has 0 atom stereocenters. The lowest BCUT2D eigenvalue weighted by Crippen LogP contribution is -2.14. The molecule has 0 amide bonds. The van der Waals surface area contributed by atoms with Gasteiger partial charge in [0.25, 0.3) is 0 Å². The smallest absolute Gasteiger partial charge is 0.193 e. The average Bonchev–Trinajstić information content (AvgIpc) is 2.19. The van der Waals surface area contributed by atoms with Gasteiger partial charge in [0.2, 0.25) is 0 Å². The molecule has 1 aromatic carbocycles. The van der Waals surface area contributed by atoms with E-state index in [4.69, 9.17) is 5.73 Å². The zero-order valence-electron chi connectivity index (χ0n) is 8.92. The zero-order chi connectivity index (χ0) is 11.0. The summed E-state index contributed by atoms with van der Waals surface area (Å²) < 4.78 is 0. The van der Waals surface area contributed by atoms with E-state index >= 15 is 0 Å². The van der Waals surface area contributed by atoms with Crippen LogP contribution >= 0.6 is 0 Å². The van der Waals surface area contributed by atoms with Crippen LogP contribution in [0.4, 0.5) is 0 Å². The molecule has 78 valence electrons. The van der Waals surface area contributed by atoms with E-state index in [9.17, 15) is 4.79 Å². The Bertz CT molecular complexity index is 570. The van der Waals surface area contributed by atoms with Crippen LogP contribution in [0.5, 0.6) is 0 Å². The Labute approximate surface area is 87.9 Å². The third-order valence-electron chi connectivity index (χ3n) is 2.63. The van der Waals surface area contributed by atoms with E-state index in [1.807, 2.05) is 19.9 Å². The monoisotopic (exact) mass is 202 g/mol. The summed E-state index contributed by atoms with van der Waals surface area (Å²) in [5.74, 6) is 0. The molecule has 2 rings (SSSR count). The molecule has 3 N–H and O–H groups in total. The van der Waals surface area contributed by atoms with Crippen LogP contribution in [0.3, 0.4) is 0 Å². The van der Waals surface area contributed by atoms with Crippen molar-refractivity contribution in [2.75, 3.05) is 0 Å². The highest BCUT2D eigenvalue weighted by Crippen LogP contribution is 2.15. The van der Waals surface area contributed by atoms with Gasteiger partial charge in [-0.05, 0) is 31.0 Å². The normalized spacial score (nSPS) is 10.9. The zero-order valence-corrected chi connectivity index (χ0v) is 8.92. The quantitative estimate of drug-likeness (QED) is 0.738. The Morgan fingerprint density at radius 3 is 2.73 bits per heavy atom. The van der Waals surface area contributed by atoms with Crippen molar-refractivity contribution in [3.05, 3.63) is 45.2 Å². The molecule has 0 fully saturated rings. The standard InChI is InChI=1S/C12H14N2O/c1-7-3-8(2)11-10(4-7)12(15)9(5-13)6-14-11/h3-4,6H,5,13H2,1-2H3,(H,14,15).